The predicted octanol–water partition coefficient (Wildman–Crippen LogP) is 3.84. The van der Waals surface area contributed by atoms with Crippen molar-refractivity contribution in [3.05, 3.63) is 76.8 Å². The fourth-order valence-electron chi connectivity index (χ4n) is 3.08. The minimum absolute atomic E-state index is 0.00110. The summed E-state index contributed by atoms with van der Waals surface area (Å²) < 4.78 is 5.73. The highest BCUT2D eigenvalue weighted by molar-refractivity contribution is 8.26. The van der Waals surface area contributed by atoms with Gasteiger partial charge in [0.2, 0.25) is 0 Å². The third-order valence-corrected chi connectivity index (χ3v) is 5.59. The maximum absolute atomic E-state index is 12.1. The predicted molar refractivity (Wildman–Crippen MR) is 112 cm³/mol. The van der Waals surface area contributed by atoms with Crippen molar-refractivity contribution in [2.45, 2.75) is 12.5 Å². The molecule has 27 heavy (non-hydrogen) atoms. The van der Waals surface area contributed by atoms with Crippen LogP contribution in [-0.4, -0.2) is 28.1 Å². The number of carbonyl (C=O) groups is 1. The quantitative estimate of drug-likeness (QED) is 0.630. The van der Waals surface area contributed by atoms with Crippen LogP contribution in [0.4, 0.5) is 0 Å². The summed E-state index contributed by atoms with van der Waals surface area (Å²) in [5.74, 6) is 0.628. The molecule has 1 unspecified atom stereocenters. The standard InChI is InChI=1S/C20H17N3O2S2/c1-25-15-9-7-14(8-10-15)17-11-16(13-5-3-2-4-6-13)22-23(17)12-18-19(24)21-20(26)27-18/h2-10,12,17H,11H2,1H3,(H,21,24,26)/b18-12-. The van der Waals surface area contributed by atoms with Gasteiger partial charge in [-0.25, -0.2) is 0 Å². The molecule has 5 nitrogen and oxygen atoms in total. The van der Waals surface area contributed by atoms with Gasteiger partial charge in [0, 0.05) is 12.6 Å². The Kier molecular flexibility index (Phi) is 4.96. The van der Waals surface area contributed by atoms with E-state index in [1.807, 2.05) is 59.6 Å². The van der Waals surface area contributed by atoms with Gasteiger partial charge < -0.3 is 10.1 Å². The summed E-state index contributed by atoms with van der Waals surface area (Å²) in [5.41, 5.74) is 3.17. The molecule has 0 aliphatic carbocycles. The lowest BCUT2D eigenvalue weighted by Crippen LogP contribution is -2.19. The number of thioether (sulfide) groups is 1. The lowest BCUT2D eigenvalue weighted by atomic mass is 9.98. The summed E-state index contributed by atoms with van der Waals surface area (Å²) in [7, 11) is 1.65. The van der Waals surface area contributed by atoms with E-state index in [0.717, 1.165) is 29.0 Å². The number of methoxy groups -OCH3 is 1. The highest BCUT2D eigenvalue weighted by atomic mass is 32.2. The molecule has 4 rings (SSSR count). The van der Waals surface area contributed by atoms with E-state index in [4.69, 9.17) is 22.1 Å². The Morgan fingerprint density at radius 2 is 1.96 bits per heavy atom. The van der Waals surface area contributed by atoms with Gasteiger partial charge in [-0.1, -0.05) is 66.4 Å². The van der Waals surface area contributed by atoms with Crippen molar-refractivity contribution in [1.29, 1.82) is 0 Å². The van der Waals surface area contributed by atoms with Gasteiger partial charge in [-0.2, -0.15) is 5.10 Å². The number of nitrogens with zero attached hydrogens (tertiary/aromatic N) is 2. The highest BCUT2D eigenvalue weighted by Crippen LogP contribution is 2.36. The summed E-state index contributed by atoms with van der Waals surface area (Å²) >= 11 is 6.35. The van der Waals surface area contributed by atoms with Crippen molar-refractivity contribution in [3.63, 3.8) is 0 Å². The number of nitrogens with one attached hydrogen (secondary N) is 1. The number of amides is 1. The average molecular weight is 396 g/mol. The van der Waals surface area contributed by atoms with Crippen LogP contribution in [0.3, 0.4) is 0 Å². The third-order valence-electron chi connectivity index (χ3n) is 4.44. The second kappa shape index (κ2) is 7.54. The van der Waals surface area contributed by atoms with E-state index >= 15 is 0 Å². The van der Waals surface area contributed by atoms with E-state index < -0.39 is 0 Å². The Hall–Kier alpha value is -2.64. The van der Waals surface area contributed by atoms with E-state index in [1.54, 1.807) is 13.3 Å². The molecule has 1 amide bonds. The lowest BCUT2D eigenvalue weighted by molar-refractivity contribution is -0.115. The zero-order chi connectivity index (χ0) is 18.8. The normalized spacial score (nSPS) is 20.8. The van der Waals surface area contributed by atoms with Crippen molar-refractivity contribution >= 4 is 39.9 Å². The van der Waals surface area contributed by atoms with Crippen LogP contribution < -0.4 is 10.1 Å². The highest BCUT2D eigenvalue weighted by Gasteiger charge is 2.30. The van der Waals surface area contributed by atoms with Crippen LogP contribution in [-0.2, 0) is 4.79 Å². The maximum atomic E-state index is 12.1. The van der Waals surface area contributed by atoms with Crippen LogP contribution in [0.5, 0.6) is 5.75 Å². The largest absolute Gasteiger partial charge is 0.497 e. The van der Waals surface area contributed by atoms with Crippen LogP contribution in [0.25, 0.3) is 0 Å². The zero-order valence-electron chi connectivity index (χ0n) is 14.6. The van der Waals surface area contributed by atoms with Crippen molar-refractivity contribution < 1.29 is 9.53 Å². The molecule has 1 N–H and O–H groups in total. The molecule has 0 saturated carbocycles. The molecule has 0 radical (unpaired) electrons. The molecule has 2 aliphatic rings. The van der Waals surface area contributed by atoms with Crippen LogP contribution in [0, 0.1) is 0 Å². The SMILES string of the molecule is COc1ccc(C2CC(c3ccccc3)=NN2/C=C2\SC(=S)NC2=O)cc1. The molecule has 2 heterocycles. The number of benzene rings is 2. The Balaban J connectivity index is 1.69. The van der Waals surface area contributed by atoms with Crippen LogP contribution in [0.15, 0.2) is 70.8 Å². The van der Waals surface area contributed by atoms with Crippen LogP contribution >= 0.6 is 24.0 Å². The molecule has 136 valence electrons. The van der Waals surface area contributed by atoms with Gasteiger partial charge in [-0.3, -0.25) is 9.80 Å². The second-order valence-corrected chi connectivity index (χ2v) is 7.84. The molecule has 2 aromatic rings. The smallest absolute Gasteiger partial charge is 0.265 e. The Morgan fingerprint density at radius 1 is 1.22 bits per heavy atom. The molecule has 0 aromatic heterocycles. The van der Waals surface area contributed by atoms with Crippen LogP contribution in [0.2, 0.25) is 0 Å². The van der Waals surface area contributed by atoms with Crippen molar-refractivity contribution in [2.75, 3.05) is 7.11 Å². The zero-order valence-corrected chi connectivity index (χ0v) is 16.2. The topological polar surface area (TPSA) is 53.9 Å². The second-order valence-electron chi connectivity index (χ2n) is 6.12. The minimum Gasteiger partial charge on any atom is -0.497 e. The van der Waals surface area contributed by atoms with E-state index in [0.29, 0.717) is 9.23 Å². The van der Waals surface area contributed by atoms with Crippen LogP contribution in [0.1, 0.15) is 23.6 Å². The fraction of sp³-hybridized carbons (Fsp3) is 0.150. The van der Waals surface area contributed by atoms with Gasteiger partial charge in [0.25, 0.3) is 5.91 Å². The molecule has 0 bridgehead atoms. The Labute approximate surface area is 167 Å². The molecule has 1 saturated heterocycles. The number of rotatable bonds is 4. The number of ether oxygens (including phenoxy) is 1. The maximum Gasteiger partial charge on any atom is 0.265 e. The molecule has 1 atom stereocenters. The van der Waals surface area contributed by atoms with Gasteiger partial charge in [-0.05, 0) is 23.3 Å². The molecular formula is C20H17N3O2S2. The average Bonchev–Trinajstić information content (AvgIpc) is 3.25. The van der Waals surface area contributed by atoms with Gasteiger partial charge in [0.15, 0.2) is 0 Å². The monoisotopic (exact) mass is 395 g/mol. The number of hydrazone groups is 1. The summed E-state index contributed by atoms with van der Waals surface area (Å²) in [6, 6.07) is 18.0. The summed E-state index contributed by atoms with van der Waals surface area (Å²) in [6.07, 6.45) is 2.53. The first-order chi connectivity index (χ1) is 13.1. The third kappa shape index (κ3) is 3.74. The number of hydrogen-bond donors (Lipinski definition) is 1. The van der Waals surface area contributed by atoms with Crippen molar-refractivity contribution in [3.8, 4) is 5.75 Å². The van der Waals surface area contributed by atoms with E-state index in [2.05, 4.69) is 5.32 Å². The molecule has 2 aromatic carbocycles. The fourth-order valence-corrected chi connectivity index (χ4v) is 4.09. The first-order valence-corrected chi connectivity index (χ1v) is 9.66. The number of hydrogen-bond acceptors (Lipinski definition) is 6. The Bertz CT molecular complexity index is 939. The van der Waals surface area contributed by atoms with Gasteiger partial charge >= 0.3 is 0 Å². The lowest BCUT2D eigenvalue weighted by Gasteiger charge is -2.20. The number of carbonyl (C=O) groups excluding carboxylic acids is 1. The molecule has 0 spiro atoms. The van der Waals surface area contributed by atoms with Gasteiger partial charge in [0.1, 0.15) is 10.1 Å². The summed E-state index contributed by atoms with van der Waals surface area (Å²) in [6.45, 7) is 0. The number of thiocarbonyl (C=S) groups is 1. The Morgan fingerprint density at radius 3 is 2.59 bits per heavy atom. The first-order valence-electron chi connectivity index (χ1n) is 8.44. The summed E-state index contributed by atoms with van der Waals surface area (Å²) in [4.78, 5) is 12.6. The van der Waals surface area contributed by atoms with E-state index in [-0.39, 0.29) is 11.9 Å². The molecule has 7 heteroatoms. The summed E-state index contributed by atoms with van der Waals surface area (Å²) in [5, 5.41) is 9.30. The molecule has 2 aliphatic heterocycles. The van der Waals surface area contributed by atoms with Crippen molar-refractivity contribution in [1.82, 2.24) is 10.3 Å². The van der Waals surface area contributed by atoms with E-state index in [1.165, 1.54) is 11.8 Å². The van der Waals surface area contributed by atoms with Gasteiger partial charge in [0.05, 0.1) is 23.8 Å². The van der Waals surface area contributed by atoms with Gasteiger partial charge in [-0.15, -0.1) is 0 Å². The first kappa shape index (κ1) is 17.8. The minimum atomic E-state index is -0.179. The molecule has 1 fully saturated rings. The van der Waals surface area contributed by atoms with E-state index in [9.17, 15) is 4.79 Å². The molecular weight excluding hydrogens is 378 g/mol. The van der Waals surface area contributed by atoms with Crippen molar-refractivity contribution in [2.24, 2.45) is 5.10 Å².